The minimum absolute atomic E-state index is 0.000487. The summed E-state index contributed by atoms with van der Waals surface area (Å²) in [6.07, 6.45) is -0.241. The summed E-state index contributed by atoms with van der Waals surface area (Å²) in [5, 5.41) is 3.50. The summed E-state index contributed by atoms with van der Waals surface area (Å²) in [6.45, 7) is 0. The molecule has 118 valence electrons. The van der Waals surface area contributed by atoms with E-state index in [0.717, 1.165) is 21.4 Å². The van der Waals surface area contributed by atoms with E-state index >= 15 is 0 Å². The molecule has 3 nitrogen and oxygen atoms in total. The number of benzene rings is 3. The number of amides is 1. The SMILES string of the molecule is O=C1c2ccccc2N[C@H](c2ccccc2)N1c1ccc(Br)cc1. The van der Waals surface area contributed by atoms with Crippen molar-refractivity contribution in [3.05, 3.63) is 94.5 Å². The molecule has 0 fully saturated rings. The minimum Gasteiger partial charge on any atom is -0.360 e. The Morgan fingerprint density at radius 3 is 2.25 bits per heavy atom. The topological polar surface area (TPSA) is 32.3 Å². The molecular formula is C20H15BrN2O. The standard InChI is InChI=1S/C20H15BrN2O/c21-15-10-12-16(13-11-15)23-19(14-6-2-1-3-7-14)22-18-9-5-4-8-17(18)20(23)24/h1-13,19,22H/t19-/m0/s1. The number of nitrogens with zero attached hydrogens (tertiary/aromatic N) is 1. The van der Waals surface area contributed by atoms with Crippen LogP contribution in [0.5, 0.6) is 0 Å². The Hall–Kier alpha value is -2.59. The molecule has 4 rings (SSSR count). The Morgan fingerprint density at radius 1 is 0.833 bits per heavy atom. The molecule has 1 atom stereocenters. The number of anilines is 2. The molecule has 1 N–H and O–H groups in total. The molecule has 0 aliphatic carbocycles. The highest BCUT2D eigenvalue weighted by molar-refractivity contribution is 9.10. The molecule has 0 aromatic heterocycles. The van der Waals surface area contributed by atoms with Crippen molar-refractivity contribution in [3.63, 3.8) is 0 Å². The Kier molecular flexibility index (Phi) is 3.82. The molecule has 1 aliphatic heterocycles. The van der Waals surface area contributed by atoms with Gasteiger partial charge in [0.15, 0.2) is 0 Å². The van der Waals surface area contributed by atoms with Crippen LogP contribution in [0.1, 0.15) is 22.1 Å². The normalized spacial score (nSPS) is 16.5. The van der Waals surface area contributed by atoms with Gasteiger partial charge in [0, 0.05) is 15.8 Å². The van der Waals surface area contributed by atoms with Crippen LogP contribution in [0, 0.1) is 0 Å². The molecule has 3 aromatic carbocycles. The van der Waals surface area contributed by atoms with E-state index < -0.39 is 0 Å². The maximum atomic E-state index is 13.2. The molecular weight excluding hydrogens is 364 g/mol. The van der Waals surface area contributed by atoms with Gasteiger partial charge in [-0.2, -0.15) is 0 Å². The van der Waals surface area contributed by atoms with E-state index in [4.69, 9.17) is 0 Å². The van der Waals surface area contributed by atoms with E-state index in [1.54, 1.807) is 0 Å². The maximum Gasteiger partial charge on any atom is 0.262 e. The number of para-hydroxylation sites is 1. The van der Waals surface area contributed by atoms with Crippen LogP contribution in [0.4, 0.5) is 11.4 Å². The molecule has 24 heavy (non-hydrogen) atoms. The molecule has 0 saturated carbocycles. The highest BCUT2D eigenvalue weighted by atomic mass is 79.9. The van der Waals surface area contributed by atoms with Crippen molar-refractivity contribution in [2.75, 3.05) is 10.2 Å². The van der Waals surface area contributed by atoms with Crippen LogP contribution in [0.3, 0.4) is 0 Å². The average molecular weight is 379 g/mol. The van der Waals surface area contributed by atoms with Crippen LogP contribution in [0.15, 0.2) is 83.3 Å². The summed E-state index contributed by atoms with van der Waals surface area (Å²) < 4.78 is 0.986. The number of carbonyl (C=O) groups excluding carboxylic acids is 1. The first-order valence-corrected chi connectivity index (χ1v) is 8.53. The predicted molar refractivity (Wildman–Crippen MR) is 100 cm³/mol. The van der Waals surface area contributed by atoms with Gasteiger partial charge in [0.2, 0.25) is 0 Å². The average Bonchev–Trinajstić information content (AvgIpc) is 2.63. The lowest BCUT2D eigenvalue weighted by Crippen LogP contribution is -2.43. The third-order valence-electron chi connectivity index (χ3n) is 4.15. The highest BCUT2D eigenvalue weighted by Gasteiger charge is 2.33. The molecule has 0 saturated heterocycles. The molecule has 1 heterocycles. The predicted octanol–water partition coefficient (Wildman–Crippen LogP) is 5.22. The van der Waals surface area contributed by atoms with Gasteiger partial charge in [-0.1, -0.05) is 58.4 Å². The summed E-state index contributed by atoms with van der Waals surface area (Å²) in [7, 11) is 0. The van der Waals surface area contributed by atoms with Crippen molar-refractivity contribution in [1.29, 1.82) is 0 Å². The minimum atomic E-state index is -0.241. The summed E-state index contributed by atoms with van der Waals surface area (Å²) in [5.74, 6) is 0.000487. The highest BCUT2D eigenvalue weighted by Crippen LogP contribution is 2.36. The van der Waals surface area contributed by atoms with Gasteiger partial charge < -0.3 is 5.32 Å². The third-order valence-corrected chi connectivity index (χ3v) is 4.68. The number of hydrogen-bond acceptors (Lipinski definition) is 2. The van der Waals surface area contributed by atoms with Gasteiger partial charge in [-0.3, -0.25) is 9.69 Å². The first-order valence-electron chi connectivity index (χ1n) is 7.74. The zero-order chi connectivity index (χ0) is 16.5. The van der Waals surface area contributed by atoms with E-state index in [1.807, 2.05) is 83.8 Å². The fourth-order valence-corrected chi connectivity index (χ4v) is 3.25. The van der Waals surface area contributed by atoms with Crippen molar-refractivity contribution in [2.24, 2.45) is 0 Å². The molecule has 0 radical (unpaired) electrons. The molecule has 3 aromatic rings. The van der Waals surface area contributed by atoms with Crippen LogP contribution in [-0.2, 0) is 0 Å². The van der Waals surface area contributed by atoms with Crippen LogP contribution in [0.25, 0.3) is 0 Å². The van der Waals surface area contributed by atoms with Crippen molar-refractivity contribution in [3.8, 4) is 0 Å². The molecule has 0 spiro atoms. The van der Waals surface area contributed by atoms with E-state index in [-0.39, 0.29) is 12.1 Å². The molecule has 0 unspecified atom stereocenters. The van der Waals surface area contributed by atoms with Gasteiger partial charge in [-0.15, -0.1) is 0 Å². The van der Waals surface area contributed by atoms with Gasteiger partial charge in [0.05, 0.1) is 5.56 Å². The van der Waals surface area contributed by atoms with Crippen molar-refractivity contribution in [2.45, 2.75) is 6.17 Å². The lowest BCUT2D eigenvalue weighted by molar-refractivity contribution is 0.0975. The monoisotopic (exact) mass is 378 g/mol. The van der Waals surface area contributed by atoms with Gasteiger partial charge in [-0.25, -0.2) is 0 Å². The summed E-state index contributed by atoms with van der Waals surface area (Å²) >= 11 is 3.45. The zero-order valence-corrected chi connectivity index (χ0v) is 14.4. The zero-order valence-electron chi connectivity index (χ0n) is 12.8. The van der Waals surface area contributed by atoms with Crippen LogP contribution in [-0.4, -0.2) is 5.91 Å². The Labute approximate surface area is 149 Å². The van der Waals surface area contributed by atoms with Gasteiger partial charge in [0.1, 0.15) is 6.17 Å². The van der Waals surface area contributed by atoms with E-state index in [9.17, 15) is 4.79 Å². The maximum absolute atomic E-state index is 13.2. The van der Waals surface area contributed by atoms with E-state index in [0.29, 0.717) is 5.56 Å². The Bertz CT molecular complexity index is 878. The number of hydrogen-bond donors (Lipinski definition) is 1. The Balaban J connectivity index is 1.86. The lowest BCUT2D eigenvalue weighted by Gasteiger charge is -2.38. The Morgan fingerprint density at radius 2 is 1.50 bits per heavy atom. The fraction of sp³-hybridized carbons (Fsp3) is 0.0500. The molecule has 4 heteroatoms. The summed E-state index contributed by atoms with van der Waals surface area (Å²) in [4.78, 5) is 15.0. The second kappa shape index (κ2) is 6.13. The van der Waals surface area contributed by atoms with E-state index in [1.165, 1.54) is 0 Å². The fourth-order valence-electron chi connectivity index (χ4n) is 2.99. The smallest absolute Gasteiger partial charge is 0.262 e. The largest absolute Gasteiger partial charge is 0.360 e. The number of nitrogens with one attached hydrogen (secondary N) is 1. The molecule has 1 amide bonds. The van der Waals surface area contributed by atoms with Crippen molar-refractivity contribution >= 4 is 33.2 Å². The number of fused-ring (bicyclic) bond motifs is 1. The number of carbonyl (C=O) groups is 1. The first-order chi connectivity index (χ1) is 11.7. The van der Waals surface area contributed by atoms with Crippen LogP contribution < -0.4 is 10.2 Å². The van der Waals surface area contributed by atoms with Crippen LogP contribution in [0.2, 0.25) is 0 Å². The van der Waals surface area contributed by atoms with Gasteiger partial charge >= 0.3 is 0 Å². The molecule has 1 aliphatic rings. The quantitative estimate of drug-likeness (QED) is 0.662. The third kappa shape index (κ3) is 2.59. The first kappa shape index (κ1) is 15.0. The number of halogens is 1. The summed E-state index contributed by atoms with van der Waals surface area (Å²) in [6, 6.07) is 25.5. The van der Waals surface area contributed by atoms with Crippen molar-refractivity contribution in [1.82, 2.24) is 0 Å². The van der Waals surface area contributed by atoms with Crippen molar-refractivity contribution < 1.29 is 4.79 Å². The van der Waals surface area contributed by atoms with Gasteiger partial charge in [0.25, 0.3) is 5.91 Å². The van der Waals surface area contributed by atoms with Gasteiger partial charge in [-0.05, 0) is 42.0 Å². The summed E-state index contributed by atoms with van der Waals surface area (Å²) in [5.41, 5.74) is 3.46. The molecule has 0 bridgehead atoms. The van der Waals surface area contributed by atoms with E-state index in [2.05, 4.69) is 21.2 Å². The van der Waals surface area contributed by atoms with Crippen LogP contribution >= 0.6 is 15.9 Å². The lowest BCUT2D eigenvalue weighted by atomic mass is 10.0. The number of rotatable bonds is 2. The second-order valence-electron chi connectivity index (χ2n) is 5.65. The second-order valence-corrected chi connectivity index (χ2v) is 6.57.